The fraction of sp³-hybridized carbons (Fsp3) is 0.318. The van der Waals surface area contributed by atoms with Gasteiger partial charge in [-0.05, 0) is 43.5 Å². The maximum absolute atomic E-state index is 13.4. The first kappa shape index (κ1) is 22.6. The van der Waals surface area contributed by atoms with Crippen LogP contribution in [0, 0.1) is 18.3 Å². The van der Waals surface area contributed by atoms with E-state index in [1.54, 1.807) is 39.8 Å². The van der Waals surface area contributed by atoms with Crippen molar-refractivity contribution >= 4 is 11.8 Å². The topological polar surface area (TPSA) is 122 Å². The molecule has 0 aliphatic carbocycles. The summed E-state index contributed by atoms with van der Waals surface area (Å²) in [6.45, 7) is 6.97. The zero-order valence-corrected chi connectivity index (χ0v) is 17.3. The van der Waals surface area contributed by atoms with Gasteiger partial charge in [0.25, 0.3) is 5.56 Å². The van der Waals surface area contributed by atoms with E-state index in [4.69, 9.17) is 4.74 Å². The van der Waals surface area contributed by atoms with Gasteiger partial charge in [-0.1, -0.05) is 19.9 Å². The van der Waals surface area contributed by atoms with Crippen LogP contribution in [0.1, 0.15) is 59.4 Å². The zero-order chi connectivity index (χ0) is 22.4. The summed E-state index contributed by atoms with van der Waals surface area (Å²) in [6, 6.07) is 6.64. The summed E-state index contributed by atoms with van der Waals surface area (Å²) in [6.07, 6.45) is 2.54. The third-order valence-electron chi connectivity index (χ3n) is 4.32. The fourth-order valence-corrected chi connectivity index (χ4v) is 3.10. The van der Waals surface area contributed by atoms with Gasteiger partial charge >= 0.3 is 11.7 Å². The number of hydrogen-bond acceptors (Lipinski definition) is 6. The largest absolute Gasteiger partial charge is 0.463 e. The predicted octanol–water partition coefficient (Wildman–Crippen LogP) is 2.19. The molecule has 2 rings (SSSR count). The van der Waals surface area contributed by atoms with Gasteiger partial charge in [-0.2, -0.15) is 5.26 Å². The summed E-state index contributed by atoms with van der Waals surface area (Å²) in [7, 11) is 0. The molecule has 1 heterocycles. The second-order valence-electron chi connectivity index (χ2n) is 6.97. The van der Waals surface area contributed by atoms with E-state index in [-0.39, 0.29) is 35.9 Å². The van der Waals surface area contributed by atoms with Crippen LogP contribution in [0.3, 0.4) is 0 Å². The van der Waals surface area contributed by atoms with E-state index in [2.05, 4.69) is 4.98 Å². The Bertz CT molecular complexity index is 1160. The lowest BCUT2D eigenvalue weighted by molar-refractivity contribution is -0.137. The van der Waals surface area contributed by atoms with Crippen LogP contribution in [0.2, 0.25) is 0 Å². The normalized spacial score (nSPS) is 10.9. The van der Waals surface area contributed by atoms with Crippen LogP contribution in [-0.2, 0) is 16.1 Å². The first-order chi connectivity index (χ1) is 14.2. The molecule has 0 spiro atoms. The number of ether oxygens (including phenoxy) is 1. The second-order valence-corrected chi connectivity index (χ2v) is 6.97. The number of aromatic nitrogens is 2. The van der Waals surface area contributed by atoms with Gasteiger partial charge in [0.05, 0.1) is 18.2 Å². The number of allylic oxidation sites excluding steroid dienone is 1. The molecule has 2 aromatic rings. The Hall–Kier alpha value is -3.73. The summed E-state index contributed by atoms with van der Waals surface area (Å²) in [5, 5.41) is 9.21. The van der Waals surface area contributed by atoms with Crippen molar-refractivity contribution in [3.05, 3.63) is 79.1 Å². The Morgan fingerprint density at radius 1 is 1.27 bits per heavy atom. The lowest BCUT2D eigenvalue weighted by atomic mass is 9.95. The zero-order valence-electron chi connectivity index (χ0n) is 17.3. The van der Waals surface area contributed by atoms with Gasteiger partial charge in [-0.25, -0.2) is 9.59 Å². The minimum atomic E-state index is -0.769. The van der Waals surface area contributed by atoms with Gasteiger partial charge in [0.2, 0.25) is 5.78 Å². The molecule has 1 N–H and O–H groups in total. The van der Waals surface area contributed by atoms with Crippen molar-refractivity contribution in [2.75, 3.05) is 6.61 Å². The number of carbonyl (C=O) groups excluding carboxylic acids is 2. The first-order valence-corrected chi connectivity index (χ1v) is 9.46. The lowest BCUT2D eigenvalue weighted by Crippen LogP contribution is -2.37. The Balaban J connectivity index is 2.69. The highest BCUT2D eigenvalue weighted by Gasteiger charge is 2.24. The highest BCUT2D eigenvalue weighted by atomic mass is 16.5. The van der Waals surface area contributed by atoms with Crippen molar-refractivity contribution in [2.24, 2.45) is 0 Å². The van der Waals surface area contributed by atoms with Crippen LogP contribution < -0.4 is 11.2 Å². The fourth-order valence-electron chi connectivity index (χ4n) is 3.10. The Morgan fingerprint density at radius 2 is 1.97 bits per heavy atom. The van der Waals surface area contributed by atoms with E-state index in [0.29, 0.717) is 11.1 Å². The third-order valence-corrected chi connectivity index (χ3v) is 4.32. The van der Waals surface area contributed by atoms with Crippen LogP contribution in [0.5, 0.6) is 0 Å². The molecule has 156 valence electrons. The number of carbonyl (C=O) groups is 2. The van der Waals surface area contributed by atoms with Crippen LogP contribution in [0.4, 0.5) is 0 Å². The number of H-pyrrole nitrogens is 1. The van der Waals surface area contributed by atoms with E-state index < -0.39 is 23.0 Å². The maximum atomic E-state index is 13.4. The first-order valence-electron chi connectivity index (χ1n) is 9.46. The van der Waals surface area contributed by atoms with Crippen molar-refractivity contribution in [1.82, 2.24) is 9.55 Å². The number of aryl methyl sites for hydroxylation is 1. The number of benzene rings is 1. The monoisotopic (exact) mass is 409 g/mol. The van der Waals surface area contributed by atoms with Crippen molar-refractivity contribution in [3.63, 3.8) is 0 Å². The van der Waals surface area contributed by atoms with Gasteiger partial charge in [-0.3, -0.25) is 19.1 Å². The molecule has 0 radical (unpaired) electrons. The maximum Gasteiger partial charge on any atom is 0.330 e. The molecular formula is C22H23N3O5. The van der Waals surface area contributed by atoms with Crippen LogP contribution in [0.25, 0.3) is 0 Å². The number of nitrogens with zero attached hydrogens (tertiary/aromatic N) is 2. The molecule has 0 saturated carbocycles. The van der Waals surface area contributed by atoms with Crippen LogP contribution >= 0.6 is 0 Å². The molecule has 0 bridgehead atoms. The Kier molecular flexibility index (Phi) is 7.26. The van der Waals surface area contributed by atoms with E-state index in [0.717, 1.165) is 10.6 Å². The molecule has 0 unspecified atom stereocenters. The van der Waals surface area contributed by atoms with Gasteiger partial charge in [-0.15, -0.1) is 0 Å². The Labute approximate surface area is 173 Å². The summed E-state index contributed by atoms with van der Waals surface area (Å²) in [5.41, 5.74) is -0.131. The minimum Gasteiger partial charge on any atom is -0.463 e. The van der Waals surface area contributed by atoms with Crippen molar-refractivity contribution in [2.45, 2.75) is 40.2 Å². The van der Waals surface area contributed by atoms with E-state index in [1.807, 2.05) is 6.07 Å². The van der Waals surface area contributed by atoms with Gasteiger partial charge in [0.1, 0.15) is 5.69 Å². The molecule has 0 aliphatic heterocycles. The molecule has 1 aromatic heterocycles. The van der Waals surface area contributed by atoms with Gasteiger partial charge < -0.3 is 4.74 Å². The highest BCUT2D eigenvalue weighted by molar-refractivity contribution is 6.09. The highest BCUT2D eigenvalue weighted by Crippen LogP contribution is 2.20. The lowest BCUT2D eigenvalue weighted by Gasteiger charge is -2.16. The van der Waals surface area contributed by atoms with Crippen molar-refractivity contribution in [3.8, 4) is 6.07 Å². The average Bonchev–Trinajstić information content (AvgIpc) is 2.67. The second kappa shape index (κ2) is 9.65. The van der Waals surface area contributed by atoms with E-state index >= 15 is 0 Å². The molecule has 1 aromatic carbocycles. The molecule has 0 aliphatic rings. The van der Waals surface area contributed by atoms with E-state index in [9.17, 15) is 24.4 Å². The Morgan fingerprint density at radius 3 is 2.57 bits per heavy atom. The molecule has 0 fully saturated rings. The quantitative estimate of drug-likeness (QED) is 0.425. The summed E-state index contributed by atoms with van der Waals surface area (Å²) in [5.74, 6) is -1.48. The number of nitrogens with one attached hydrogen (secondary N) is 1. The number of hydrogen-bond donors (Lipinski definition) is 1. The summed E-state index contributed by atoms with van der Waals surface area (Å²) < 4.78 is 5.92. The smallest absolute Gasteiger partial charge is 0.330 e. The number of rotatable bonds is 7. The van der Waals surface area contributed by atoms with Gasteiger partial charge in [0, 0.05) is 23.7 Å². The molecule has 30 heavy (non-hydrogen) atoms. The summed E-state index contributed by atoms with van der Waals surface area (Å²) >= 11 is 0. The van der Waals surface area contributed by atoms with Gasteiger partial charge in [0.15, 0.2) is 0 Å². The minimum absolute atomic E-state index is 0.0678. The summed E-state index contributed by atoms with van der Waals surface area (Å²) in [4.78, 5) is 52.2. The standard InChI is InChI=1S/C22H23N3O5/c1-5-30-17(26)7-6-8-25-19(18(13(2)3)21(28)24-22(25)29)20(27)16-10-14(4)9-15(11-16)12-23/h6-7,9-11,13H,5,8H2,1-4H3,(H,24,28,29)/b7-6+. The van der Waals surface area contributed by atoms with Crippen molar-refractivity contribution < 1.29 is 14.3 Å². The molecule has 8 heteroatoms. The molecule has 0 atom stereocenters. The molecular weight excluding hydrogens is 386 g/mol. The molecule has 8 nitrogen and oxygen atoms in total. The van der Waals surface area contributed by atoms with Crippen molar-refractivity contribution in [1.29, 1.82) is 5.26 Å². The third kappa shape index (κ3) is 5.00. The number of ketones is 1. The number of nitriles is 1. The van der Waals surface area contributed by atoms with Crippen LogP contribution in [0.15, 0.2) is 39.9 Å². The molecule has 0 amide bonds. The predicted molar refractivity (Wildman–Crippen MR) is 111 cm³/mol. The number of aromatic amines is 1. The average molecular weight is 409 g/mol. The molecule has 0 saturated heterocycles. The number of esters is 1. The SMILES string of the molecule is CCOC(=O)/C=C/Cn1c(C(=O)c2cc(C)cc(C#N)c2)c(C(C)C)c(=O)[nH]c1=O. The van der Waals surface area contributed by atoms with E-state index in [1.165, 1.54) is 12.1 Å². The van der Waals surface area contributed by atoms with Crippen LogP contribution in [-0.4, -0.2) is 27.9 Å².